The van der Waals surface area contributed by atoms with E-state index in [-0.39, 0.29) is 10.8 Å². The van der Waals surface area contributed by atoms with Gasteiger partial charge in [-0.1, -0.05) is 131 Å². The lowest BCUT2D eigenvalue weighted by Crippen LogP contribution is -2.31. The van der Waals surface area contributed by atoms with Crippen molar-refractivity contribution in [1.82, 2.24) is 4.98 Å². The monoisotopic (exact) mass is 763 g/mol. The molecule has 0 fully saturated rings. The molecular weight excluding hydrogens is 719 g/mol. The van der Waals surface area contributed by atoms with Crippen molar-refractivity contribution in [3.63, 3.8) is 0 Å². The van der Waals surface area contributed by atoms with Gasteiger partial charge in [0, 0.05) is 38.5 Å². The highest BCUT2D eigenvalue weighted by Gasteiger charge is 2.39. The van der Waals surface area contributed by atoms with Crippen molar-refractivity contribution in [3.05, 3.63) is 197 Å². The lowest BCUT2D eigenvalue weighted by atomic mass is 9.73. The number of hydrogen-bond acceptors (Lipinski definition) is 4. The standard InChI is InChI=1S/C55H45N3O/c1-34-35(2)40(47-30-29-42-41-17-7-16-26-52(41)59-53(42)56-47)28-27-39(34)36-31-37(57-48-22-12-8-18-43(48)54(3,4)44-19-9-13-23-49(44)57)33-38(32-36)58-50-24-14-10-20-45(50)55(5,6)46-21-11-15-25-51(46)58/h7-33H,1-6H3. The number of hydrogen-bond donors (Lipinski definition) is 0. The largest absolute Gasteiger partial charge is 0.438 e. The number of fused-ring (bicyclic) bond motifs is 7. The summed E-state index contributed by atoms with van der Waals surface area (Å²) in [6.45, 7) is 13.9. The highest BCUT2D eigenvalue weighted by Crippen LogP contribution is 2.55. The van der Waals surface area contributed by atoms with Crippen LogP contribution < -0.4 is 9.80 Å². The van der Waals surface area contributed by atoms with Gasteiger partial charge in [-0.3, -0.25) is 0 Å². The van der Waals surface area contributed by atoms with Crippen molar-refractivity contribution >= 4 is 56.2 Å². The third-order valence-electron chi connectivity index (χ3n) is 13.3. The molecule has 11 rings (SSSR count). The molecule has 4 heteroatoms. The Bertz CT molecular complexity index is 2940. The van der Waals surface area contributed by atoms with Crippen LogP contribution in [-0.2, 0) is 10.8 Å². The molecule has 59 heavy (non-hydrogen) atoms. The molecule has 0 unspecified atom stereocenters. The van der Waals surface area contributed by atoms with Crippen LogP contribution in [0, 0.1) is 13.8 Å². The minimum Gasteiger partial charge on any atom is -0.438 e. The van der Waals surface area contributed by atoms with Crippen LogP contribution in [0.3, 0.4) is 0 Å². The summed E-state index contributed by atoms with van der Waals surface area (Å²) in [5.41, 5.74) is 20.3. The quantitative estimate of drug-likeness (QED) is 0.179. The maximum atomic E-state index is 6.22. The fourth-order valence-corrected chi connectivity index (χ4v) is 10.1. The topological polar surface area (TPSA) is 32.5 Å². The first-order valence-corrected chi connectivity index (χ1v) is 20.6. The number of aromatic nitrogens is 1. The van der Waals surface area contributed by atoms with Gasteiger partial charge in [0.05, 0.1) is 28.4 Å². The van der Waals surface area contributed by atoms with E-state index < -0.39 is 0 Å². The summed E-state index contributed by atoms with van der Waals surface area (Å²) in [5, 5.41) is 2.12. The molecule has 4 heterocycles. The Hall–Kier alpha value is -6.91. The number of nitrogens with zero attached hydrogens (tertiary/aromatic N) is 3. The van der Waals surface area contributed by atoms with Crippen molar-refractivity contribution in [1.29, 1.82) is 0 Å². The fraction of sp³-hybridized carbons (Fsp3) is 0.145. The molecule has 7 aromatic carbocycles. The van der Waals surface area contributed by atoms with Crippen molar-refractivity contribution in [2.45, 2.75) is 52.4 Å². The van der Waals surface area contributed by atoms with Crippen LogP contribution in [0.1, 0.15) is 61.1 Å². The Morgan fingerprint density at radius 1 is 0.441 bits per heavy atom. The SMILES string of the molecule is Cc1c(-c2cc(N3c4ccccc4C(C)(C)c4ccccc43)cc(N3c4ccccc4C(C)(C)c4ccccc43)c2)ccc(-c2ccc3c(n2)oc2ccccc23)c1C. The number of anilines is 6. The summed E-state index contributed by atoms with van der Waals surface area (Å²) in [7, 11) is 0. The molecule has 0 saturated heterocycles. The summed E-state index contributed by atoms with van der Waals surface area (Å²) < 4.78 is 6.22. The Kier molecular flexibility index (Phi) is 7.65. The van der Waals surface area contributed by atoms with E-state index in [9.17, 15) is 0 Å². The minimum absolute atomic E-state index is 0.163. The van der Waals surface area contributed by atoms with Gasteiger partial charge < -0.3 is 14.2 Å². The second-order valence-corrected chi connectivity index (χ2v) is 17.3. The number of furan rings is 1. The van der Waals surface area contributed by atoms with E-state index in [1.807, 2.05) is 18.2 Å². The van der Waals surface area contributed by atoms with E-state index in [0.717, 1.165) is 44.6 Å². The minimum atomic E-state index is -0.163. The smallest absolute Gasteiger partial charge is 0.227 e. The predicted octanol–water partition coefficient (Wildman–Crippen LogP) is 15.2. The average molecular weight is 764 g/mol. The van der Waals surface area contributed by atoms with Crippen LogP contribution in [0.15, 0.2) is 168 Å². The molecule has 0 N–H and O–H groups in total. The number of benzene rings is 7. The van der Waals surface area contributed by atoms with E-state index in [0.29, 0.717) is 5.71 Å². The molecule has 2 aliphatic heterocycles. The Balaban J connectivity index is 1.14. The predicted molar refractivity (Wildman–Crippen MR) is 245 cm³/mol. The summed E-state index contributed by atoms with van der Waals surface area (Å²) in [6.07, 6.45) is 0. The van der Waals surface area contributed by atoms with Gasteiger partial charge in [-0.05, 0) is 119 Å². The summed E-state index contributed by atoms with van der Waals surface area (Å²) in [5.74, 6) is 0. The van der Waals surface area contributed by atoms with E-state index in [1.165, 1.54) is 61.7 Å². The van der Waals surface area contributed by atoms with E-state index in [4.69, 9.17) is 9.40 Å². The van der Waals surface area contributed by atoms with Gasteiger partial charge in [-0.15, -0.1) is 0 Å². The molecule has 0 radical (unpaired) electrons. The molecule has 286 valence electrons. The number of para-hydroxylation sites is 5. The lowest BCUT2D eigenvalue weighted by Gasteiger charge is -2.43. The normalized spacial score (nSPS) is 14.8. The zero-order valence-corrected chi connectivity index (χ0v) is 34.3. The third-order valence-corrected chi connectivity index (χ3v) is 13.3. The van der Waals surface area contributed by atoms with Gasteiger partial charge in [-0.2, -0.15) is 0 Å². The molecule has 4 nitrogen and oxygen atoms in total. The van der Waals surface area contributed by atoms with Crippen molar-refractivity contribution in [2.75, 3.05) is 9.80 Å². The first-order chi connectivity index (χ1) is 28.6. The molecule has 9 aromatic rings. The molecule has 0 saturated carbocycles. The van der Waals surface area contributed by atoms with Crippen molar-refractivity contribution in [3.8, 4) is 22.4 Å². The molecule has 0 amide bonds. The van der Waals surface area contributed by atoms with Crippen LogP contribution in [0.5, 0.6) is 0 Å². The zero-order valence-electron chi connectivity index (χ0n) is 34.3. The molecular formula is C55H45N3O. The summed E-state index contributed by atoms with van der Waals surface area (Å²) in [6, 6.07) is 59.8. The van der Waals surface area contributed by atoms with E-state index >= 15 is 0 Å². The number of rotatable bonds is 4. The first kappa shape index (κ1) is 35.3. The van der Waals surface area contributed by atoms with Gasteiger partial charge in [0.15, 0.2) is 0 Å². The third kappa shape index (κ3) is 5.19. The van der Waals surface area contributed by atoms with Gasteiger partial charge in [-0.25, -0.2) is 4.98 Å². The molecule has 0 spiro atoms. The molecule has 2 aliphatic rings. The summed E-state index contributed by atoms with van der Waals surface area (Å²) >= 11 is 0. The Labute approximate surface area is 346 Å². The van der Waals surface area contributed by atoms with Gasteiger partial charge in [0.2, 0.25) is 5.71 Å². The van der Waals surface area contributed by atoms with E-state index in [1.54, 1.807) is 0 Å². The second kappa shape index (κ2) is 12.8. The molecule has 0 atom stereocenters. The lowest BCUT2D eigenvalue weighted by molar-refractivity contribution is 0.631. The maximum Gasteiger partial charge on any atom is 0.227 e. The average Bonchev–Trinajstić information content (AvgIpc) is 3.63. The second-order valence-electron chi connectivity index (χ2n) is 17.3. The zero-order chi connectivity index (χ0) is 40.2. The Morgan fingerprint density at radius 3 is 1.41 bits per heavy atom. The fourth-order valence-electron chi connectivity index (χ4n) is 10.1. The van der Waals surface area contributed by atoms with Crippen LogP contribution >= 0.6 is 0 Å². The van der Waals surface area contributed by atoms with Crippen LogP contribution in [0.25, 0.3) is 44.5 Å². The van der Waals surface area contributed by atoms with Crippen LogP contribution in [-0.4, -0.2) is 4.98 Å². The van der Waals surface area contributed by atoms with Crippen molar-refractivity contribution < 1.29 is 4.42 Å². The van der Waals surface area contributed by atoms with Gasteiger partial charge in [0.25, 0.3) is 0 Å². The maximum absolute atomic E-state index is 6.22. The Morgan fingerprint density at radius 2 is 0.881 bits per heavy atom. The van der Waals surface area contributed by atoms with E-state index in [2.05, 4.69) is 197 Å². The highest BCUT2D eigenvalue weighted by molar-refractivity contribution is 6.04. The first-order valence-electron chi connectivity index (χ1n) is 20.6. The van der Waals surface area contributed by atoms with Crippen molar-refractivity contribution in [2.24, 2.45) is 0 Å². The van der Waals surface area contributed by atoms with Crippen LogP contribution in [0.4, 0.5) is 34.1 Å². The van der Waals surface area contributed by atoms with Crippen LogP contribution in [0.2, 0.25) is 0 Å². The van der Waals surface area contributed by atoms with Gasteiger partial charge >= 0.3 is 0 Å². The molecule has 0 bridgehead atoms. The molecule has 0 aliphatic carbocycles. The summed E-state index contributed by atoms with van der Waals surface area (Å²) in [4.78, 5) is 10.0. The molecule has 2 aromatic heterocycles. The number of pyridine rings is 1. The highest BCUT2D eigenvalue weighted by atomic mass is 16.3. The van der Waals surface area contributed by atoms with Gasteiger partial charge in [0.1, 0.15) is 5.58 Å².